The maximum Gasteiger partial charge on any atom is 0.314 e. The fourth-order valence-corrected chi connectivity index (χ4v) is 2.21. The van der Waals surface area contributed by atoms with E-state index >= 15 is 0 Å². The van der Waals surface area contributed by atoms with E-state index in [4.69, 9.17) is 4.74 Å². The fraction of sp³-hybridized carbons (Fsp3) is 0.929. The highest BCUT2D eigenvalue weighted by molar-refractivity contribution is 5.73. The highest BCUT2D eigenvalue weighted by Crippen LogP contribution is 2.07. The number of hydrogen-bond acceptors (Lipinski definition) is 4. The van der Waals surface area contributed by atoms with Gasteiger partial charge in [0.1, 0.15) is 0 Å². The average molecular weight is 287 g/mol. The SMILES string of the molecule is CCCCCNC(=O)NC[C@](C)(O)CN1CCOCC1. The van der Waals surface area contributed by atoms with Gasteiger partial charge in [0.2, 0.25) is 0 Å². The second kappa shape index (κ2) is 9.15. The van der Waals surface area contributed by atoms with Crippen LogP contribution >= 0.6 is 0 Å². The molecule has 1 fully saturated rings. The zero-order valence-electron chi connectivity index (χ0n) is 12.8. The summed E-state index contributed by atoms with van der Waals surface area (Å²) in [5.41, 5.74) is -0.919. The van der Waals surface area contributed by atoms with E-state index in [1.165, 1.54) is 0 Å². The number of aliphatic hydroxyl groups is 1. The van der Waals surface area contributed by atoms with Gasteiger partial charge in [-0.05, 0) is 13.3 Å². The van der Waals surface area contributed by atoms with Crippen LogP contribution in [0, 0.1) is 0 Å². The van der Waals surface area contributed by atoms with E-state index in [1.54, 1.807) is 6.92 Å². The molecule has 118 valence electrons. The number of morpholine rings is 1. The van der Waals surface area contributed by atoms with Gasteiger partial charge in [0.15, 0.2) is 0 Å². The molecule has 20 heavy (non-hydrogen) atoms. The first-order valence-electron chi connectivity index (χ1n) is 7.58. The molecular formula is C14H29N3O3. The Kier molecular flexibility index (Phi) is 7.87. The number of rotatable bonds is 8. The van der Waals surface area contributed by atoms with Crippen LogP contribution in [0.3, 0.4) is 0 Å². The van der Waals surface area contributed by atoms with Crippen LogP contribution in [0.5, 0.6) is 0 Å². The van der Waals surface area contributed by atoms with Gasteiger partial charge in [-0.3, -0.25) is 4.90 Å². The molecule has 0 saturated carbocycles. The third-order valence-corrected chi connectivity index (χ3v) is 3.36. The minimum Gasteiger partial charge on any atom is -0.387 e. The quantitative estimate of drug-likeness (QED) is 0.570. The monoisotopic (exact) mass is 287 g/mol. The summed E-state index contributed by atoms with van der Waals surface area (Å²) < 4.78 is 5.27. The zero-order valence-corrected chi connectivity index (χ0v) is 12.8. The molecule has 6 nitrogen and oxygen atoms in total. The van der Waals surface area contributed by atoms with E-state index in [2.05, 4.69) is 22.5 Å². The standard InChI is InChI=1S/C14H29N3O3/c1-3-4-5-6-15-13(18)16-11-14(2,19)12-17-7-9-20-10-8-17/h19H,3-12H2,1-2H3,(H2,15,16,18)/t14-/m0/s1. The Labute approximate surface area is 121 Å². The molecule has 0 radical (unpaired) electrons. The Balaban J connectivity index is 2.15. The minimum atomic E-state index is -0.919. The van der Waals surface area contributed by atoms with E-state index in [9.17, 15) is 9.90 Å². The molecule has 0 aromatic rings. The Morgan fingerprint density at radius 2 is 2.00 bits per heavy atom. The number of nitrogens with one attached hydrogen (secondary N) is 2. The van der Waals surface area contributed by atoms with Crippen LogP contribution in [0.4, 0.5) is 4.79 Å². The molecule has 0 aromatic heterocycles. The summed E-state index contributed by atoms with van der Waals surface area (Å²) in [6, 6.07) is -0.205. The van der Waals surface area contributed by atoms with E-state index in [0.717, 1.165) is 32.4 Å². The number of ether oxygens (including phenoxy) is 1. The first-order valence-corrected chi connectivity index (χ1v) is 7.58. The number of urea groups is 1. The minimum absolute atomic E-state index is 0.205. The summed E-state index contributed by atoms with van der Waals surface area (Å²) in [6.07, 6.45) is 3.25. The van der Waals surface area contributed by atoms with Crippen LogP contribution in [0.25, 0.3) is 0 Å². The molecule has 0 aliphatic carbocycles. The first kappa shape index (κ1) is 17.2. The summed E-state index contributed by atoms with van der Waals surface area (Å²) in [4.78, 5) is 13.7. The van der Waals surface area contributed by atoms with Crippen molar-refractivity contribution in [2.24, 2.45) is 0 Å². The molecule has 1 aliphatic rings. The van der Waals surface area contributed by atoms with Crippen molar-refractivity contribution in [1.29, 1.82) is 0 Å². The van der Waals surface area contributed by atoms with E-state index < -0.39 is 5.60 Å². The van der Waals surface area contributed by atoms with Crippen molar-refractivity contribution in [2.75, 3.05) is 45.9 Å². The molecule has 0 spiro atoms. The number of amides is 2. The number of carbonyl (C=O) groups is 1. The molecule has 0 aromatic carbocycles. The van der Waals surface area contributed by atoms with Gasteiger partial charge in [0, 0.05) is 32.7 Å². The van der Waals surface area contributed by atoms with Crippen molar-refractivity contribution in [2.45, 2.75) is 38.7 Å². The third-order valence-electron chi connectivity index (χ3n) is 3.36. The Morgan fingerprint density at radius 3 is 2.65 bits per heavy atom. The molecule has 1 rings (SSSR count). The van der Waals surface area contributed by atoms with Gasteiger partial charge < -0.3 is 20.5 Å². The molecule has 0 unspecified atom stereocenters. The number of carbonyl (C=O) groups excluding carboxylic acids is 1. The number of hydrogen-bond donors (Lipinski definition) is 3. The van der Waals surface area contributed by atoms with Crippen LogP contribution in [-0.4, -0.2) is 67.6 Å². The van der Waals surface area contributed by atoms with Crippen molar-refractivity contribution < 1.29 is 14.6 Å². The molecule has 0 bridgehead atoms. The number of nitrogens with zero attached hydrogens (tertiary/aromatic N) is 1. The maximum atomic E-state index is 11.6. The Morgan fingerprint density at radius 1 is 1.30 bits per heavy atom. The topological polar surface area (TPSA) is 73.8 Å². The summed E-state index contributed by atoms with van der Waals surface area (Å²) >= 11 is 0. The lowest BCUT2D eigenvalue weighted by molar-refractivity contribution is -0.0206. The average Bonchev–Trinajstić information content (AvgIpc) is 2.42. The van der Waals surface area contributed by atoms with Crippen LogP contribution < -0.4 is 10.6 Å². The van der Waals surface area contributed by atoms with Gasteiger partial charge in [-0.25, -0.2) is 4.79 Å². The lowest BCUT2D eigenvalue weighted by Gasteiger charge is -2.33. The van der Waals surface area contributed by atoms with Crippen LogP contribution in [0.1, 0.15) is 33.1 Å². The number of β-amino-alcohol motifs (C(OH)–C–C–N with tert-alkyl or cyclic N) is 1. The van der Waals surface area contributed by atoms with Crippen molar-refractivity contribution in [3.05, 3.63) is 0 Å². The molecular weight excluding hydrogens is 258 g/mol. The van der Waals surface area contributed by atoms with Crippen LogP contribution in [0.15, 0.2) is 0 Å². The van der Waals surface area contributed by atoms with E-state index in [1.807, 2.05) is 0 Å². The fourth-order valence-electron chi connectivity index (χ4n) is 2.21. The smallest absolute Gasteiger partial charge is 0.314 e. The van der Waals surface area contributed by atoms with Crippen molar-refractivity contribution in [3.8, 4) is 0 Å². The summed E-state index contributed by atoms with van der Waals surface area (Å²) in [7, 11) is 0. The lowest BCUT2D eigenvalue weighted by Crippen LogP contribution is -2.52. The normalized spacial score (nSPS) is 19.4. The van der Waals surface area contributed by atoms with Gasteiger partial charge in [-0.15, -0.1) is 0 Å². The molecule has 1 aliphatic heterocycles. The van der Waals surface area contributed by atoms with Gasteiger partial charge >= 0.3 is 6.03 Å². The summed E-state index contributed by atoms with van der Waals surface area (Å²) in [5, 5.41) is 15.8. The number of unbranched alkanes of at least 4 members (excludes halogenated alkanes) is 2. The Bertz CT molecular complexity index is 279. The largest absolute Gasteiger partial charge is 0.387 e. The zero-order chi connectivity index (χ0) is 14.8. The van der Waals surface area contributed by atoms with Gasteiger partial charge in [-0.1, -0.05) is 19.8 Å². The molecule has 1 heterocycles. The molecule has 3 N–H and O–H groups in total. The van der Waals surface area contributed by atoms with Gasteiger partial charge in [0.05, 0.1) is 18.8 Å². The van der Waals surface area contributed by atoms with Crippen molar-refractivity contribution in [3.63, 3.8) is 0 Å². The summed E-state index contributed by atoms with van der Waals surface area (Å²) in [5.74, 6) is 0. The highest BCUT2D eigenvalue weighted by Gasteiger charge is 2.25. The second-order valence-corrected chi connectivity index (χ2v) is 5.70. The molecule has 1 atom stereocenters. The highest BCUT2D eigenvalue weighted by atomic mass is 16.5. The maximum absolute atomic E-state index is 11.6. The predicted molar refractivity (Wildman–Crippen MR) is 78.8 cm³/mol. The second-order valence-electron chi connectivity index (χ2n) is 5.70. The third kappa shape index (κ3) is 7.67. The lowest BCUT2D eigenvalue weighted by atomic mass is 10.1. The molecule has 6 heteroatoms. The van der Waals surface area contributed by atoms with Crippen molar-refractivity contribution >= 4 is 6.03 Å². The van der Waals surface area contributed by atoms with Gasteiger partial charge in [0.25, 0.3) is 0 Å². The molecule has 2 amide bonds. The van der Waals surface area contributed by atoms with Crippen molar-refractivity contribution in [1.82, 2.24) is 15.5 Å². The first-order chi connectivity index (χ1) is 9.53. The van der Waals surface area contributed by atoms with E-state index in [0.29, 0.717) is 26.3 Å². The Hall–Kier alpha value is -0.850. The van der Waals surface area contributed by atoms with E-state index in [-0.39, 0.29) is 12.6 Å². The van der Waals surface area contributed by atoms with Gasteiger partial charge in [-0.2, -0.15) is 0 Å². The molecule has 1 saturated heterocycles. The summed E-state index contributed by atoms with van der Waals surface area (Å²) in [6.45, 7) is 8.45. The predicted octanol–water partition coefficient (Wildman–Crippen LogP) is 0.559. The van der Waals surface area contributed by atoms with Crippen LogP contribution in [-0.2, 0) is 4.74 Å². The van der Waals surface area contributed by atoms with Crippen LogP contribution in [0.2, 0.25) is 0 Å².